The van der Waals surface area contributed by atoms with Gasteiger partial charge in [0.05, 0.1) is 6.10 Å². The molecule has 0 radical (unpaired) electrons. The first-order chi connectivity index (χ1) is 9.76. The molecule has 1 aromatic carbocycles. The maximum absolute atomic E-state index is 11.6. The second-order valence-corrected chi connectivity index (χ2v) is 5.44. The standard InChI is InChI=1S/C16H20N2O2/c1-17-12-2-4-13(5-3-12)20-14-6-7-15-11(10-14)8-9-18-16(15)19/h6-10,12-13,17H,2-5H2,1H3,(H,18,19). The van der Waals surface area contributed by atoms with Gasteiger partial charge in [-0.1, -0.05) is 0 Å². The van der Waals surface area contributed by atoms with Gasteiger partial charge in [0.15, 0.2) is 0 Å². The van der Waals surface area contributed by atoms with Crippen LogP contribution in [0.3, 0.4) is 0 Å². The van der Waals surface area contributed by atoms with Crippen LogP contribution in [0.1, 0.15) is 25.7 Å². The predicted octanol–water partition coefficient (Wildman–Crippen LogP) is 2.44. The third kappa shape index (κ3) is 2.70. The summed E-state index contributed by atoms with van der Waals surface area (Å²) in [4.78, 5) is 14.3. The molecule has 2 aromatic rings. The van der Waals surface area contributed by atoms with Crippen molar-refractivity contribution in [2.75, 3.05) is 7.05 Å². The van der Waals surface area contributed by atoms with E-state index in [-0.39, 0.29) is 5.56 Å². The highest BCUT2D eigenvalue weighted by Crippen LogP contribution is 2.25. The number of ether oxygens (including phenoxy) is 1. The minimum Gasteiger partial charge on any atom is -0.490 e. The number of hydrogen-bond acceptors (Lipinski definition) is 3. The molecule has 0 saturated heterocycles. The smallest absolute Gasteiger partial charge is 0.255 e. The summed E-state index contributed by atoms with van der Waals surface area (Å²) in [6.45, 7) is 0. The molecular weight excluding hydrogens is 252 g/mol. The van der Waals surface area contributed by atoms with Crippen LogP contribution in [-0.2, 0) is 0 Å². The highest BCUT2D eigenvalue weighted by Gasteiger charge is 2.21. The molecule has 1 saturated carbocycles. The van der Waals surface area contributed by atoms with E-state index in [1.54, 1.807) is 6.20 Å². The molecule has 0 bridgehead atoms. The zero-order valence-electron chi connectivity index (χ0n) is 11.7. The van der Waals surface area contributed by atoms with Crippen molar-refractivity contribution in [3.63, 3.8) is 0 Å². The zero-order chi connectivity index (χ0) is 13.9. The summed E-state index contributed by atoms with van der Waals surface area (Å²) in [7, 11) is 2.02. The Labute approximate surface area is 118 Å². The van der Waals surface area contributed by atoms with Crippen molar-refractivity contribution in [2.24, 2.45) is 0 Å². The fourth-order valence-corrected chi connectivity index (χ4v) is 2.91. The zero-order valence-corrected chi connectivity index (χ0v) is 11.7. The van der Waals surface area contributed by atoms with Crippen LogP contribution in [0.4, 0.5) is 0 Å². The van der Waals surface area contributed by atoms with Gasteiger partial charge in [-0.15, -0.1) is 0 Å². The molecular formula is C16H20N2O2. The number of pyridine rings is 1. The Balaban J connectivity index is 1.74. The van der Waals surface area contributed by atoms with Gasteiger partial charge >= 0.3 is 0 Å². The summed E-state index contributed by atoms with van der Waals surface area (Å²) in [5.74, 6) is 0.857. The van der Waals surface area contributed by atoms with Crippen LogP contribution < -0.4 is 15.6 Å². The third-order valence-electron chi connectivity index (χ3n) is 4.13. The van der Waals surface area contributed by atoms with Crippen molar-refractivity contribution < 1.29 is 4.74 Å². The van der Waals surface area contributed by atoms with E-state index in [2.05, 4.69) is 10.3 Å². The van der Waals surface area contributed by atoms with E-state index < -0.39 is 0 Å². The van der Waals surface area contributed by atoms with Gasteiger partial charge in [0.1, 0.15) is 5.75 Å². The molecule has 4 nitrogen and oxygen atoms in total. The molecule has 0 atom stereocenters. The highest BCUT2D eigenvalue weighted by atomic mass is 16.5. The van der Waals surface area contributed by atoms with Crippen LogP contribution in [0.15, 0.2) is 35.3 Å². The lowest BCUT2D eigenvalue weighted by Gasteiger charge is -2.28. The summed E-state index contributed by atoms with van der Waals surface area (Å²) in [6.07, 6.45) is 6.45. The Morgan fingerprint density at radius 1 is 1.20 bits per heavy atom. The van der Waals surface area contributed by atoms with Gasteiger partial charge in [-0.3, -0.25) is 4.79 Å². The normalized spacial score (nSPS) is 22.9. The average molecular weight is 272 g/mol. The highest BCUT2D eigenvalue weighted by molar-refractivity contribution is 5.82. The topological polar surface area (TPSA) is 54.1 Å². The van der Waals surface area contributed by atoms with E-state index in [0.29, 0.717) is 17.5 Å². The lowest BCUT2D eigenvalue weighted by atomic mass is 9.93. The number of aromatic amines is 1. The van der Waals surface area contributed by atoms with E-state index in [9.17, 15) is 4.79 Å². The minimum atomic E-state index is -0.0522. The van der Waals surface area contributed by atoms with Crippen LogP contribution in [0, 0.1) is 0 Å². The lowest BCUT2D eigenvalue weighted by molar-refractivity contribution is 0.141. The Kier molecular flexibility index (Phi) is 3.74. The predicted molar refractivity (Wildman–Crippen MR) is 80.3 cm³/mol. The number of H-pyrrole nitrogens is 1. The van der Waals surface area contributed by atoms with Crippen LogP contribution in [0.5, 0.6) is 5.75 Å². The first kappa shape index (κ1) is 13.2. The molecule has 1 aromatic heterocycles. The number of nitrogens with one attached hydrogen (secondary N) is 2. The van der Waals surface area contributed by atoms with E-state index in [1.165, 1.54) is 0 Å². The fraction of sp³-hybridized carbons (Fsp3) is 0.438. The van der Waals surface area contributed by atoms with Crippen molar-refractivity contribution in [3.8, 4) is 5.75 Å². The molecule has 3 rings (SSSR count). The van der Waals surface area contributed by atoms with Gasteiger partial charge in [-0.05, 0) is 62.4 Å². The van der Waals surface area contributed by atoms with Gasteiger partial charge in [-0.25, -0.2) is 0 Å². The number of hydrogen-bond donors (Lipinski definition) is 2. The minimum absolute atomic E-state index is 0.0522. The molecule has 0 amide bonds. The van der Waals surface area contributed by atoms with Gasteiger partial charge in [0.2, 0.25) is 0 Å². The quantitative estimate of drug-likeness (QED) is 0.902. The molecule has 106 valence electrons. The number of fused-ring (bicyclic) bond motifs is 1. The number of aromatic nitrogens is 1. The van der Waals surface area contributed by atoms with Crippen molar-refractivity contribution in [3.05, 3.63) is 40.8 Å². The molecule has 0 aliphatic heterocycles. The van der Waals surface area contributed by atoms with Crippen molar-refractivity contribution >= 4 is 10.8 Å². The van der Waals surface area contributed by atoms with E-state index in [0.717, 1.165) is 36.8 Å². The van der Waals surface area contributed by atoms with Gasteiger partial charge in [-0.2, -0.15) is 0 Å². The molecule has 0 unspecified atom stereocenters. The van der Waals surface area contributed by atoms with Crippen LogP contribution in [-0.4, -0.2) is 24.2 Å². The van der Waals surface area contributed by atoms with Crippen LogP contribution >= 0.6 is 0 Å². The third-order valence-corrected chi connectivity index (χ3v) is 4.13. The molecule has 1 heterocycles. The first-order valence-electron chi connectivity index (χ1n) is 7.21. The molecule has 0 spiro atoms. The van der Waals surface area contributed by atoms with Gasteiger partial charge in [0.25, 0.3) is 5.56 Å². The summed E-state index contributed by atoms with van der Waals surface area (Å²) >= 11 is 0. The molecule has 2 N–H and O–H groups in total. The molecule has 1 fully saturated rings. The maximum Gasteiger partial charge on any atom is 0.255 e. The van der Waals surface area contributed by atoms with Gasteiger partial charge < -0.3 is 15.0 Å². The summed E-state index contributed by atoms with van der Waals surface area (Å²) in [6, 6.07) is 8.21. The first-order valence-corrected chi connectivity index (χ1v) is 7.21. The SMILES string of the molecule is CNC1CCC(Oc2ccc3c(=O)[nH]ccc3c2)CC1. The Hall–Kier alpha value is -1.81. The van der Waals surface area contributed by atoms with Gasteiger partial charge in [0, 0.05) is 17.6 Å². The van der Waals surface area contributed by atoms with Crippen molar-refractivity contribution in [2.45, 2.75) is 37.8 Å². The monoisotopic (exact) mass is 272 g/mol. The molecule has 1 aliphatic rings. The lowest BCUT2D eigenvalue weighted by Crippen LogP contribution is -2.34. The van der Waals surface area contributed by atoms with Crippen molar-refractivity contribution in [1.29, 1.82) is 0 Å². The molecule has 4 heteroatoms. The number of benzene rings is 1. The molecule has 20 heavy (non-hydrogen) atoms. The fourth-order valence-electron chi connectivity index (χ4n) is 2.91. The maximum atomic E-state index is 11.6. The van der Waals surface area contributed by atoms with E-state index in [4.69, 9.17) is 4.74 Å². The van der Waals surface area contributed by atoms with Crippen LogP contribution in [0.25, 0.3) is 10.8 Å². The van der Waals surface area contributed by atoms with E-state index >= 15 is 0 Å². The number of rotatable bonds is 3. The van der Waals surface area contributed by atoms with E-state index in [1.807, 2.05) is 31.3 Å². The largest absolute Gasteiger partial charge is 0.490 e. The summed E-state index contributed by atoms with van der Waals surface area (Å²) < 4.78 is 6.06. The van der Waals surface area contributed by atoms with Crippen molar-refractivity contribution in [1.82, 2.24) is 10.3 Å². The Morgan fingerprint density at radius 2 is 2.00 bits per heavy atom. The van der Waals surface area contributed by atoms with Crippen LogP contribution in [0.2, 0.25) is 0 Å². The second-order valence-electron chi connectivity index (χ2n) is 5.44. The Bertz CT molecular complexity index is 642. The summed E-state index contributed by atoms with van der Waals surface area (Å²) in [5.41, 5.74) is -0.0522. The second kappa shape index (κ2) is 5.67. The Morgan fingerprint density at radius 3 is 2.75 bits per heavy atom. The average Bonchev–Trinajstić information content (AvgIpc) is 2.48. The molecule has 1 aliphatic carbocycles. The summed E-state index contributed by atoms with van der Waals surface area (Å²) in [5, 5.41) is 4.96.